The van der Waals surface area contributed by atoms with Gasteiger partial charge in [-0.15, -0.1) is 0 Å². The number of ether oxygens (including phenoxy) is 2. The van der Waals surface area contributed by atoms with E-state index in [4.69, 9.17) is 44.3 Å². The van der Waals surface area contributed by atoms with Crippen LogP contribution in [0.15, 0.2) is 40.9 Å². The molecule has 0 heterocycles. The minimum atomic E-state index is -0.572. The van der Waals surface area contributed by atoms with Gasteiger partial charge in [0, 0.05) is 10.0 Å². The number of hydrazine groups is 1. The van der Waals surface area contributed by atoms with Gasteiger partial charge in [-0.05, 0) is 52.3 Å². The third kappa shape index (κ3) is 6.57. The van der Waals surface area contributed by atoms with Gasteiger partial charge in [0.05, 0.1) is 9.50 Å². The van der Waals surface area contributed by atoms with Crippen molar-refractivity contribution < 1.29 is 19.1 Å². The Morgan fingerprint density at radius 2 is 1.35 bits per heavy atom. The molecule has 2 rings (SSSR count). The Balaban J connectivity index is 1.72. The number of benzene rings is 2. The fourth-order valence-corrected chi connectivity index (χ4v) is 2.94. The van der Waals surface area contributed by atoms with Crippen LogP contribution in [0.1, 0.15) is 0 Å². The molecule has 2 aromatic rings. The lowest BCUT2D eigenvalue weighted by atomic mass is 10.3. The monoisotopic (exact) mass is 480 g/mol. The molecule has 0 aliphatic rings. The normalized spacial score (nSPS) is 10.2. The topological polar surface area (TPSA) is 76.7 Å². The van der Waals surface area contributed by atoms with Crippen molar-refractivity contribution in [3.8, 4) is 11.5 Å². The zero-order chi connectivity index (χ0) is 19.1. The van der Waals surface area contributed by atoms with Crippen molar-refractivity contribution in [1.29, 1.82) is 0 Å². The largest absolute Gasteiger partial charge is 0.483 e. The second-order valence-corrected chi connectivity index (χ2v) is 6.96. The van der Waals surface area contributed by atoms with Crippen LogP contribution in [0.5, 0.6) is 11.5 Å². The lowest BCUT2D eigenvalue weighted by Crippen LogP contribution is -2.45. The smallest absolute Gasteiger partial charge is 0.276 e. The van der Waals surface area contributed by atoms with E-state index in [0.29, 0.717) is 26.0 Å². The van der Waals surface area contributed by atoms with E-state index >= 15 is 0 Å². The molecule has 0 radical (unpaired) electrons. The maximum Gasteiger partial charge on any atom is 0.276 e. The maximum absolute atomic E-state index is 11.7. The number of hydrogen-bond donors (Lipinski definition) is 2. The molecule has 0 bridgehead atoms. The van der Waals surface area contributed by atoms with Gasteiger partial charge in [0.2, 0.25) is 0 Å². The molecule has 2 aromatic carbocycles. The summed E-state index contributed by atoms with van der Waals surface area (Å²) < 4.78 is 11.2. The van der Waals surface area contributed by atoms with Crippen molar-refractivity contribution in [2.75, 3.05) is 13.2 Å². The number of nitrogens with one attached hydrogen (secondary N) is 2. The highest BCUT2D eigenvalue weighted by atomic mass is 79.9. The number of carbonyl (C=O) groups is 2. The third-order valence-corrected chi connectivity index (χ3v) is 4.23. The van der Waals surface area contributed by atoms with E-state index in [0.717, 1.165) is 0 Å². The van der Waals surface area contributed by atoms with Crippen LogP contribution in [0.4, 0.5) is 0 Å². The summed E-state index contributed by atoms with van der Waals surface area (Å²) in [6.07, 6.45) is 0. The first-order valence-electron chi connectivity index (χ1n) is 7.08. The van der Waals surface area contributed by atoms with E-state index in [1.807, 2.05) is 0 Å². The van der Waals surface area contributed by atoms with Gasteiger partial charge < -0.3 is 9.47 Å². The molecule has 2 N–H and O–H groups in total. The van der Waals surface area contributed by atoms with Gasteiger partial charge >= 0.3 is 0 Å². The molecule has 0 atom stereocenters. The standard InChI is InChI=1S/C16H12BrCl3N2O4/c17-11-5-9(18)1-3-13(11)25-7-15(23)21-22-16(24)8-26-14-4-2-10(19)6-12(14)20/h1-6H,7-8H2,(H,21,23)(H,22,24). The van der Waals surface area contributed by atoms with Gasteiger partial charge in [0.25, 0.3) is 11.8 Å². The summed E-state index contributed by atoms with van der Waals surface area (Å²) in [7, 11) is 0. The molecule has 2 amide bonds. The first-order valence-corrected chi connectivity index (χ1v) is 9.01. The minimum Gasteiger partial charge on any atom is -0.483 e. The van der Waals surface area contributed by atoms with Crippen LogP contribution in [0.3, 0.4) is 0 Å². The molecule has 0 saturated heterocycles. The molecule has 0 unspecified atom stereocenters. The van der Waals surface area contributed by atoms with Gasteiger partial charge in [-0.1, -0.05) is 34.8 Å². The van der Waals surface area contributed by atoms with E-state index < -0.39 is 11.8 Å². The van der Waals surface area contributed by atoms with Crippen molar-refractivity contribution in [2.24, 2.45) is 0 Å². The first-order chi connectivity index (χ1) is 12.3. The number of hydrogen-bond acceptors (Lipinski definition) is 4. The molecule has 0 saturated carbocycles. The second kappa shape index (κ2) is 9.87. The number of halogens is 4. The summed E-state index contributed by atoms with van der Waals surface area (Å²) in [4.78, 5) is 23.4. The van der Waals surface area contributed by atoms with Crippen LogP contribution >= 0.6 is 50.7 Å². The Morgan fingerprint density at radius 3 is 1.88 bits per heavy atom. The van der Waals surface area contributed by atoms with E-state index in [1.54, 1.807) is 24.3 Å². The number of amides is 2. The van der Waals surface area contributed by atoms with Crippen LogP contribution in [0.25, 0.3) is 0 Å². The molecule has 0 aliphatic carbocycles. The molecular formula is C16H12BrCl3N2O4. The summed E-state index contributed by atoms with van der Waals surface area (Å²) in [5.74, 6) is -0.383. The summed E-state index contributed by atoms with van der Waals surface area (Å²) in [6, 6.07) is 9.48. The summed E-state index contributed by atoms with van der Waals surface area (Å²) in [6.45, 7) is -0.643. The van der Waals surface area contributed by atoms with Crippen LogP contribution in [0.2, 0.25) is 15.1 Å². The minimum absolute atomic E-state index is 0.274. The Labute approximate surface area is 172 Å². The first kappa shape index (κ1) is 20.6. The van der Waals surface area contributed by atoms with Gasteiger partial charge in [-0.25, -0.2) is 0 Å². The summed E-state index contributed by atoms with van der Waals surface area (Å²) in [5.41, 5.74) is 4.40. The van der Waals surface area contributed by atoms with E-state index in [2.05, 4.69) is 26.8 Å². The van der Waals surface area contributed by atoms with Crippen molar-refractivity contribution >= 4 is 62.5 Å². The van der Waals surface area contributed by atoms with Crippen molar-refractivity contribution in [2.45, 2.75) is 0 Å². The highest BCUT2D eigenvalue weighted by molar-refractivity contribution is 9.10. The average Bonchev–Trinajstić information content (AvgIpc) is 2.58. The fraction of sp³-hybridized carbons (Fsp3) is 0.125. The molecule has 0 aromatic heterocycles. The predicted molar refractivity (Wildman–Crippen MR) is 103 cm³/mol. The van der Waals surface area contributed by atoms with Gasteiger partial charge in [-0.2, -0.15) is 0 Å². The van der Waals surface area contributed by atoms with E-state index in [9.17, 15) is 9.59 Å². The van der Waals surface area contributed by atoms with Crippen molar-refractivity contribution in [3.63, 3.8) is 0 Å². The quantitative estimate of drug-likeness (QED) is 0.610. The summed E-state index contributed by atoms with van der Waals surface area (Å²) in [5, 5.41) is 1.25. The Morgan fingerprint density at radius 1 is 0.846 bits per heavy atom. The van der Waals surface area contributed by atoms with Crippen LogP contribution in [-0.4, -0.2) is 25.0 Å². The van der Waals surface area contributed by atoms with E-state index in [1.165, 1.54) is 12.1 Å². The average molecular weight is 483 g/mol. The highest BCUT2D eigenvalue weighted by Crippen LogP contribution is 2.28. The molecule has 0 fully saturated rings. The van der Waals surface area contributed by atoms with Crippen molar-refractivity contribution in [1.82, 2.24) is 10.9 Å². The molecule has 10 heteroatoms. The lowest BCUT2D eigenvalue weighted by Gasteiger charge is -2.11. The molecule has 0 spiro atoms. The summed E-state index contributed by atoms with van der Waals surface area (Å²) >= 11 is 20.8. The Hall–Kier alpha value is -1.67. The zero-order valence-corrected chi connectivity index (χ0v) is 16.9. The van der Waals surface area contributed by atoms with Crippen LogP contribution in [-0.2, 0) is 9.59 Å². The fourth-order valence-electron chi connectivity index (χ4n) is 1.68. The highest BCUT2D eigenvalue weighted by Gasteiger charge is 2.09. The molecular weight excluding hydrogens is 470 g/mol. The Kier molecular flexibility index (Phi) is 7.84. The van der Waals surface area contributed by atoms with Crippen LogP contribution in [0, 0.1) is 0 Å². The molecule has 138 valence electrons. The van der Waals surface area contributed by atoms with Gasteiger partial charge in [0.15, 0.2) is 13.2 Å². The van der Waals surface area contributed by atoms with Crippen LogP contribution < -0.4 is 20.3 Å². The van der Waals surface area contributed by atoms with Crippen molar-refractivity contribution in [3.05, 3.63) is 55.9 Å². The predicted octanol–water partition coefficient (Wildman–Crippen LogP) is 4.01. The molecule has 26 heavy (non-hydrogen) atoms. The molecule has 6 nitrogen and oxygen atoms in total. The lowest BCUT2D eigenvalue weighted by molar-refractivity contribution is -0.131. The SMILES string of the molecule is O=C(COc1ccc(Cl)cc1Cl)NNC(=O)COc1ccc(Cl)cc1Br. The van der Waals surface area contributed by atoms with E-state index in [-0.39, 0.29) is 18.2 Å². The molecule has 0 aliphatic heterocycles. The third-order valence-electron chi connectivity index (χ3n) is 2.85. The van der Waals surface area contributed by atoms with Gasteiger partial charge in [0.1, 0.15) is 11.5 Å². The number of rotatable bonds is 6. The van der Waals surface area contributed by atoms with Gasteiger partial charge in [-0.3, -0.25) is 20.4 Å². The number of carbonyl (C=O) groups excluding carboxylic acids is 2. The maximum atomic E-state index is 11.7. The zero-order valence-electron chi connectivity index (χ0n) is 13.0. The second-order valence-electron chi connectivity index (χ2n) is 4.82. The Bertz CT molecular complexity index is 753.